The molecule has 0 radical (unpaired) electrons. The fourth-order valence-electron chi connectivity index (χ4n) is 1.19. The normalized spacial score (nSPS) is 14.4. The summed E-state index contributed by atoms with van der Waals surface area (Å²) < 4.78 is 0.985. The Bertz CT molecular complexity index is 171. The van der Waals surface area contributed by atoms with Crippen LogP contribution in [0.25, 0.3) is 0 Å². The van der Waals surface area contributed by atoms with Gasteiger partial charge in [0.25, 0.3) is 0 Å². The van der Waals surface area contributed by atoms with Crippen LogP contribution in [0.1, 0.15) is 27.7 Å². The van der Waals surface area contributed by atoms with E-state index in [0.717, 1.165) is 16.7 Å². The van der Waals surface area contributed by atoms with E-state index >= 15 is 0 Å². The molecule has 0 saturated carbocycles. The highest BCUT2D eigenvalue weighted by atomic mass is 15.3. The summed E-state index contributed by atoms with van der Waals surface area (Å²) in [4.78, 5) is 0. The predicted octanol–water partition coefficient (Wildman–Crippen LogP) is 1.98. The molecule has 0 fully saturated rings. The minimum absolute atomic E-state index is 0.465. The molecule has 0 heterocycles. The van der Waals surface area contributed by atoms with Crippen molar-refractivity contribution in [3.63, 3.8) is 0 Å². The van der Waals surface area contributed by atoms with Gasteiger partial charge in [0.1, 0.15) is 6.04 Å². The van der Waals surface area contributed by atoms with Crippen molar-refractivity contribution in [1.82, 2.24) is 5.32 Å². The van der Waals surface area contributed by atoms with Gasteiger partial charge in [-0.3, -0.25) is 0 Å². The molecule has 0 aromatic rings. The second kappa shape index (κ2) is 4.66. The summed E-state index contributed by atoms with van der Waals surface area (Å²) in [5.41, 5.74) is 1.14. The van der Waals surface area contributed by atoms with E-state index in [0.29, 0.717) is 12.1 Å². The molecule has 0 aliphatic carbocycles. The summed E-state index contributed by atoms with van der Waals surface area (Å²) in [6.45, 7) is 13.9. The van der Waals surface area contributed by atoms with Crippen LogP contribution in [0.15, 0.2) is 12.3 Å². The van der Waals surface area contributed by atoms with Crippen molar-refractivity contribution in [2.45, 2.75) is 39.8 Å². The maximum absolute atomic E-state index is 4.08. The monoisotopic (exact) mass is 185 g/mol. The van der Waals surface area contributed by atoms with E-state index in [9.17, 15) is 0 Å². The molecule has 0 saturated heterocycles. The summed E-state index contributed by atoms with van der Waals surface area (Å²) in [7, 11) is 4.47. The van der Waals surface area contributed by atoms with Gasteiger partial charge < -0.3 is 9.80 Å². The van der Waals surface area contributed by atoms with E-state index in [4.69, 9.17) is 0 Å². The van der Waals surface area contributed by atoms with Gasteiger partial charge in [-0.15, -0.1) is 0 Å². The number of rotatable bonds is 5. The zero-order chi connectivity index (χ0) is 10.6. The Kier molecular flexibility index (Phi) is 4.48. The first-order valence-electron chi connectivity index (χ1n) is 5.09. The van der Waals surface area contributed by atoms with Gasteiger partial charge in [-0.1, -0.05) is 6.58 Å². The van der Waals surface area contributed by atoms with E-state index in [-0.39, 0.29) is 0 Å². The zero-order valence-corrected chi connectivity index (χ0v) is 10.0. The minimum Gasteiger partial charge on any atom is -0.382 e. The van der Waals surface area contributed by atoms with Crippen LogP contribution < -0.4 is 5.32 Å². The molecule has 0 aliphatic rings. The summed E-state index contributed by atoms with van der Waals surface area (Å²) in [6, 6.07) is 0.944. The van der Waals surface area contributed by atoms with E-state index in [1.165, 1.54) is 0 Å². The van der Waals surface area contributed by atoms with Crippen LogP contribution >= 0.6 is 0 Å². The van der Waals surface area contributed by atoms with Crippen molar-refractivity contribution in [3.8, 4) is 0 Å². The summed E-state index contributed by atoms with van der Waals surface area (Å²) in [6.07, 6.45) is 0. The van der Waals surface area contributed by atoms with Crippen LogP contribution in [0.2, 0.25) is 0 Å². The van der Waals surface area contributed by atoms with Crippen LogP contribution in [-0.2, 0) is 0 Å². The van der Waals surface area contributed by atoms with E-state index < -0.39 is 0 Å². The summed E-state index contributed by atoms with van der Waals surface area (Å²) >= 11 is 0. The van der Waals surface area contributed by atoms with E-state index in [2.05, 4.69) is 53.7 Å². The van der Waals surface area contributed by atoms with Crippen LogP contribution in [0.5, 0.6) is 0 Å². The first kappa shape index (κ1) is 12.5. The fraction of sp³-hybridized carbons (Fsp3) is 0.818. The van der Waals surface area contributed by atoms with Crippen molar-refractivity contribution in [2.24, 2.45) is 0 Å². The number of hydrogen-bond acceptors (Lipinski definition) is 1. The number of nitrogens with one attached hydrogen (secondary N) is 1. The van der Waals surface area contributed by atoms with Gasteiger partial charge in [0.15, 0.2) is 0 Å². The standard InChI is InChI=1S/C11H25N2/c1-8-13(6,7)11(5)10(4)12-9(2)3/h9,11-12H,4,8H2,1-3,5-7H3/q+1. The Hall–Kier alpha value is -0.500. The van der Waals surface area contributed by atoms with Gasteiger partial charge >= 0.3 is 0 Å². The average Bonchev–Trinajstić information content (AvgIpc) is 2.01. The Morgan fingerprint density at radius 2 is 1.77 bits per heavy atom. The average molecular weight is 185 g/mol. The Balaban J connectivity index is 4.25. The van der Waals surface area contributed by atoms with E-state index in [1.807, 2.05) is 0 Å². The highest BCUT2D eigenvalue weighted by Crippen LogP contribution is 2.11. The molecule has 2 heteroatoms. The van der Waals surface area contributed by atoms with E-state index in [1.54, 1.807) is 0 Å². The largest absolute Gasteiger partial charge is 0.382 e. The van der Waals surface area contributed by atoms with Crippen LogP contribution in [0.3, 0.4) is 0 Å². The topological polar surface area (TPSA) is 12.0 Å². The second-order valence-electron chi connectivity index (χ2n) is 4.60. The molecule has 1 unspecified atom stereocenters. The lowest BCUT2D eigenvalue weighted by Crippen LogP contribution is -2.50. The molecule has 13 heavy (non-hydrogen) atoms. The second-order valence-corrected chi connectivity index (χ2v) is 4.60. The summed E-state index contributed by atoms with van der Waals surface area (Å²) in [5.74, 6) is 0. The molecule has 0 rings (SSSR count). The van der Waals surface area contributed by atoms with Crippen LogP contribution in [-0.4, -0.2) is 37.2 Å². The Labute approximate surface area is 83.2 Å². The zero-order valence-electron chi connectivity index (χ0n) is 10.0. The number of likely N-dealkylation sites (N-methyl/N-ethyl adjacent to an activating group) is 1. The maximum atomic E-state index is 4.08. The molecule has 0 aliphatic heterocycles. The van der Waals surface area contributed by atoms with Gasteiger partial charge in [-0.2, -0.15) is 0 Å². The van der Waals surface area contributed by atoms with Crippen molar-refractivity contribution in [2.75, 3.05) is 20.6 Å². The van der Waals surface area contributed by atoms with Gasteiger partial charge in [0.05, 0.1) is 26.3 Å². The lowest BCUT2D eigenvalue weighted by molar-refractivity contribution is -0.906. The first-order valence-corrected chi connectivity index (χ1v) is 5.09. The first-order chi connectivity index (χ1) is 5.81. The Morgan fingerprint density at radius 3 is 2.08 bits per heavy atom. The molecule has 1 N–H and O–H groups in total. The van der Waals surface area contributed by atoms with Gasteiger partial charge in [-0.25, -0.2) is 0 Å². The van der Waals surface area contributed by atoms with Crippen molar-refractivity contribution >= 4 is 0 Å². The molecule has 0 spiro atoms. The third-order valence-corrected chi connectivity index (χ3v) is 2.84. The number of hydrogen-bond donors (Lipinski definition) is 1. The van der Waals surface area contributed by atoms with Crippen LogP contribution in [0.4, 0.5) is 0 Å². The molecule has 0 amide bonds. The lowest BCUT2D eigenvalue weighted by Gasteiger charge is -2.36. The molecule has 0 aromatic heterocycles. The van der Waals surface area contributed by atoms with Gasteiger partial charge in [0, 0.05) is 6.04 Å². The summed E-state index contributed by atoms with van der Waals surface area (Å²) in [5, 5.41) is 3.37. The fourth-order valence-corrected chi connectivity index (χ4v) is 1.19. The third-order valence-electron chi connectivity index (χ3n) is 2.84. The molecule has 78 valence electrons. The predicted molar refractivity (Wildman–Crippen MR) is 59.5 cm³/mol. The SMILES string of the molecule is C=C(NC(C)C)C(C)[N+](C)(C)CC. The maximum Gasteiger partial charge on any atom is 0.125 e. The third kappa shape index (κ3) is 3.81. The van der Waals surface area contributed by atoms with Crippen molar-refractivity contribution in [3.05, 3.63) is 12.3 Å². The molecule has 2 nitrogen and oxygen atoms in total. The van der Waals surface area contributed by atoms with Gasteiger partial charge in [-0.05, 0) is 27.7 Å². The van der Waals surface area contributed by atoms with Crippen molar-refractivity contribution in [1.29, 1.82) is 0 Å². The molecule has 0 bridgehead atoms. The van der Waals surface area contributed by atoms with Crippen LogP contribution in [0, 0.1) is 0 Å². The van der Waals surface area contributed by atoms with Crippen molar-refractivity contribution < 1.29 is 4.48 Å². The molecular formula is C11H25N2+. The minimum atomic E-state index is 0.465. The molecular weight excluding hydrogens is 160 g/mol. The van der Waals surface area contributed by atoms with Gasteiger partial charge in [0.2, 0.25) is 0 Å². The highest BCUT2D eigenvalue weighted by Gasteiger charge is 2.24. The smallest absolute Gasteiger partial charge is 0.125 e. The highest BCUT2D eigenvalue weighted by molar-refractivity contribution is 4.98. The molecule has 1 atom stereocenters. The Morgan fingerprint density at radius 1 is 1.31 bits per heavy atom. The number of quaternary nitrogens is 1. The lowest BCUT2D eigenvalue weighted by atomic mass is 10.2. The quantitative estimate of drug-likeness (QED) is 0.646. The molecule has 0 aromatic carbocycles. The number of nitrogens with zero attached hydrogens (tertiary/aromatic N) is 1.